The van der Waals surface area contributed by atoms with Crippen LogP contribution in [0.2, 0.25) is 0 Å². The number of nitro groups is 1. The smallest absolute Gasteiger partial charge is 0.269 e. The van der Waals surface area contributed by atoms with Gasteiger partial charge in [0, 0.05) is 12.1 Å². The summed E-state index contributed by atoms with van der Waals surface area (Å²) in [6, 6.07) is 5.30. The molecule has 0 bridgehead atoms. The number of carbonyl (C=O) groups excluding carboxylic acids is 1. The van der Waals surface area contributed by atoms with Crippen LogP contribution in [-0.4, -0.2) is 18.6 Å². The Balaban J connectivity index is 2.81. The maximum absolute atomic E-state index is 10.5. The van der Waals surface area contributed by atoms with Crippen molar-refractivity contribution in [3.63, 3.8) is 0 Å². The predicted octanol–water partition coefficient (Wildman–Crippen LogP) is 0.727. The Kier molecular flexibility index (Phi) is 2.64. The van der Waals surface area contributed by atoms with Crippen molar-refractivity contribution in [2.24, 2.45) is 0 Å². The van der Waals surface area contributed by atoms with Gasteiger partial charge in [0.1, 0.15) is 5.75 Å². The lowest BCUT2D eigenvalue weighted by atomic mass is 10.2. The second-order valence-corrected chi connectivity index (χ2v) is 2.34. The number of nitrogens with zero attached hydrogens (tertiary/aromatic N) is 1. The van der Waals surface area contributed by atoms with Gasteiger partial charge in [0.2, 0.25) is 13.7 Å². The van der Waals surface area contributed by atoms with Crippen molar-refractivity contribution in [1.82, 2.24) is 0 Å². The van der Waals surface area contributed by atoms with E-state index < -0.39 is 10.8 Å². The molecule has 66 valence electrons. The number of benzene rings is 1. The van der Waals surface area contributed by atoms with Crippen LogP contribution in [0.4, 0.5) is 10.5 Å². The number of nitro benzene ring substituents is 1. The van der Waals surface area contributed by atoms with Gasteiger partial charge in [0.15, 0.2) is 0 Å². The van der Waals surface area contributed by atoms with Gasteiger partial charge in [-0.1, -0.05) is 0 Å². The standard InChI is InChI=1S/C7H6BNO4/c8-7(10)13-6-3-1-5(2-4-6)9(11)12/h1-4H,8H2. The molecule has 5 nitrogen and oxygen atoms in total. The van der Waals surface area contributed by atoms with Crippen molar-refractivity contribution in [3.8, 4) is 5.75 Å². The maximum atomic E-state index is 10.5. The van der Waals surface area contributed by atoms with Crippen LogP contribution in [0, 0.1) is 10.1 Å². The molecule has 0 saturated carbocycles. The van der Waals surface area contributed by atoms with Gasteiger partial charge in [0.25, 0.3) is 5.69 Å². The Morgan fingerprint density at radius 3 is 2.31 bits per heavy atom. The molecule has 0 aliphatic carbocycles. The van der Waals surface area contributed by atoms with Gasteiger partial charge in [0.05, 0.1) is 4.92 Å². The highest BCUT2D eigenvalue weighted by Crippen LogP contribution is 2.16. The minimum atomic E-state index is -0.516. The molecule has 0 aromatic heterocycles. The number of rotatable bonds is 2. The zero-order valence-electron chi connectivity index (χ0n) is 6.89. The quantitative estimate of drug-likeness (QED) is 0.381. The monoisotopic (exact) mass is 179 g/mol. The Bertz CT molecular complexity index is 335. The lowest BCUT2D eigenvalue weighted by Crippen LogP contribution is -2.03. The van der Waals surface area contributed by atoms with Crippen LogP contribution >= 0.6 is 0 Å². The van der Waals surface area contributed by atoms with Gasteiger partial charge in [-0.3, -0.25) is 14.9 Å². The van der Waals surface area contributed by atoms with E-state index >= 15 is 0 Å². The van der Waals surface area contributed by atoms with Crippen molar-refractivity contribution in [2.45, 2.75) is 0 Å². The first-order valence-electron chi connectivity index (χ1n) is 3.52. The summed E-state index contributed by atoms with van der Waals surface area (Å²) in [5, 5.41) is 10.2. The minimum absolute atomic E-state index is 0.0316. The van der Waals surface area contributed by atoms with Gasteiger partial charge in [-0.15, -0.1) is 0 Å². The van der Waals surface area contributed by atoms with Crippen LogP contribution < -0.4 is 4.74 Å². The summed E-state index contributed by atoms with van der Waals surface area (Å²) >= 11 is 0. The number of ether oxygens (including phenoxy) is 1. The molecule has 1 aromatic rings. The van der Waals surface area contributed by atoms with Gasteiger partial charge >= 0.3 is 0 Å². The Hall–Kier alpha value is -1.85. The molecule has 6 heteroatoms. The molecule has 0 radical (unpaired) electrons. The minimum Gasteiger partial charge on any atom is -0.435 e. The molecular formula is C7H6BNO4. The molecule has 0 amide bonds. The molecule has 0 saturated heterocycles. The van der Waals surface area contributed by atoms with Crippen molar-refractivity contribution in [2.75, 3.05) is 0 Å². The van der Waals surface area contributed by atoms with E-state index in [1.807, 2.05) is 0 Å². The van der Waals surface area contributed by atoms with Gasteiger partial charge < -0.3 is 4.74 Å². The molecule has 0 unspecified atom stereocenters. The molecule has 0 atom stereocenters. The summed E-state index contributed by atoms with van der Waals surface area (Å²) in [6.45, 7) is 0. The van der Waals surface area contributed by atoms with Crippen LogP contribution in [0.1, 0.15) is 0 Å². The van der Waals surface area contributed by atoms with E-state index in [-0.39, 0.29) is 5.69 Å². The number of carbonyl (C=O) groups is 1. The molecule has 0 aliphatic rings. The van der Waals surface area contributed by atoms with E-state index in [9.17, 15) is 14.9 Å². The third-order valence-electron chi connectivity index (χ3n) is 1.31. The van der Waals surface area contributed by atoms with Crippen LogP contribution in [0.15, 0.2) is 24.3 Å². The zero-order valence-corrected chi connectivity index (χ0v) is 6.89. The Morgan fingerprint density at radius 2 is 1.92 bits per heavy atom. The first-order valence-corrected chi connectivity index (χ1v) is 3.52. The van der Waals surface area contributed by atoms with E-state index in [0.29, 0.717) is 5.75 Å². The largest absolute Gasteiger partial charge is 0.435 e. The zero-order chi connectivity index (χ0) is 9.84. The van der Waals surface area contributed by atoms with Crippen molar-refractivity contribution >= 4 is 19.4 Å². The molecule has 0 aliphatic heterocycles. The molecule has 1 rings (SSSR count). The SMILES string of the molecule is BC(=O)Oc1ccc([N+](=O)[O-])cc1. The van der Waals surface area contributed by atoms with Crippen molar-refractivity contribution < 1.29 is 14.5 Å². The summed E-state index contributed by atoms with van der Waals surface area (Å²) in [5.41, 5.74) is -0.0316. The highest BCUT2D eigenvalue weighted by atomic mass is 16.6. The molecule has 0 N–H and O–H groups in total. The summed E-state index contributed by atoms with van der Waals surface area (Å²) < 4.78 is 4.69. The molecule has 13 heavy (non-hydrogen) atoms. The molecule has 0 heterocycles. The molecule has 1 aromatic carbocycles. The first kappa shape index (κ1) is 9.24. The van der Waals surface area contributed by atoms with E-state index in [0.717, 1.165) is 0 Å². The fourth-order valence-electron chi connectivity index (χ4n) is 0.802. The highest BCUT2D eigenvalue weighted by molar-refractivity contribution is 6.55. The third-order valence-corrected chi connectivity index (χ3v) is 1.31. The van der Waals surface area contributed by atoms with E-state index in [1.165, 1.54) is 32.1 Å². The van der Waals surface area contributed by atoms with Crippen LogP contribution in [-0.2, 0) is 0 Å². The molecule has 0 spiro atoms. The Labute approximate surface area is 74.9 Å². The lowest BCUT2D eigenvalue weighted by molar-refractivity contribution is -0.384. The summed E-state index contributed by atoms with van der Waals surface area (Å²) in [7, 11) is 1.27. The van der Waals surface area contributed by atoms with E-state index in [4.69, 9.17) is 0 Å². The predicted molar refractivity (Wildman–Crippen MR) is 47.7 cm³/mol. The molecular weight excluding hydrogens is 173 g/mol. The summed E-state index contributed by atoms with van der Waals surface area (Å²) in [4.78, 5) is 20.2. The van der Waals surface area contributed by atoms with E-state index in [2.05, 4.69) is 4.74 Å². The maximum Gasteiger partial charge on any atom is 0.269 e. The first-order chi connectivity index (χ1) is 6.09. The fourth-order valence-corrected chi connectivity index (χ4v) is 0.802. The summed E-state index contributed by atoms with van der Waals surface area (Å²) in [6.07, 6.45) is 0. The summed E-state index contributed by atoms with van der Waals surface area (Å²) in [5.74, 6) is -0.146. The average molecular weight is 179 g/mol. The number of non-ortho nitro benzene ring substituents is 1. The van der Waals surface area contributed by atoms with E-state index in [1.54, 1.807) is 0 Å². The Morgan fingerprint density at radius 1 is 1.38 bits per heavy atom. The second kappa shape index (κ2) is 3.71. The number of hydrogen-bond acceptors (Lipinski definition) is 4. The molecule has 0 fully saturated rings. The van der Waals surface area contributed by atoms with Gasteiger partial charge in [-0.2, -0.15) is 0 Å². The lowest BCUT2D eigenvalue weighted by Gasteiger charge is -1.99. The van der Waals surface area contributed by atoms with Gasteiger partial charge in [-0.05, 0) is 12.1 Å². The second-order valence-electron chi connectivity index (χ2n) is 2.34. The highest BCUT2D eigenvalue weighted by Gasteiger charge is 2.04. The van der Waals surface area contributed by atoms with Crippen molar-refractivity contribution in [1.29, 1.82) is 0 Å². The number of hydrogen-bond donors (Lipinski definition) is 0. The van der Waals surface area contributed by atoms with Crippen LogP contribution in [0.25, 0.3) is 0 Å². The van der Waals surface area contributed by atoms with Crippen LogP contribution in [0.3, 0.4) is 0 Å². The third kappa shape index (κ3) is 2.59. The van der Waals surface area contributed by atoms with Crippen LogP contribution in [0.5, 0.6) is 5.75 Å². The fraction of sp³-hybridized carbons (Fsp3) is 0. The van der Waals surface area contributed by atoms with Crippen molar-refractivity contribution in [3.05, 3.63) is 34.4 Å². The van der Waals surface area contributed by atoms with Gasteiger partial charge in [-0.25, -0.2) is 0 Å². The normalized spacial score (nSPS) is 9.23. The topological polar surface area (TPSA) is 69.4 Å². The average Bonchev–Trinajstić information content (AvgIpc) is 2.04.